The number of rotatable bonds is 9. The second-order valence-corrected chi connectivity index (χ2v) is 4.95. The zero-order valence-electron chi connectivity index (χ0n) is 12.9. The van der Waals surface area contributed by atoms with Gasteiger partial charge in [0.15, 0.2) is 0 Å². The third kappa shape index (κ3) is 3.67. The molecule has 0 aromatic heterocycles. The van der Waals surface area contributed by atoms with Gasteiger partial charge in [-0.2, -0.15) is 79.5 Å². The Morgan fingerprint density at radius 3 is 1.00 bits per heavy atom. The summed E-state index contributed by atoms with van der Waals surface area (Å²) in [5, 5.41) is 0. The van der Waals surface area contributed by atoms with Crippen LogP contribution < -0.4 is 0 Å². The third-order valence-electron chi connectivity index (χ3n) is 2.97. The predicted octanol–water partition coefficient (Wildman–Crippen LogP) is 5.92. The van der Waals surface area contributed by atoms with E-state index >= 15 is 0 Å². The van der Waals surface area contributed by atoms with Crippen LogP contribution in [0.3, 0.4) is 0 Å². The first-order valence-electron chi connectivity index (χ1n) is 6.33. The van der Waals surface area contributed by atoms with E-state index in [0.717, 1.165) is 0 Å². The Kier molecular flexibility index (Phi) is 6.84. The molecule has 2 nitrogen and oxygen atoms in total. The van der Waals surface area contributed by atoms with Gasteiger partial charge in [-0.15, -0.1) is 0 Å². The van der Waals surface area contributed by atoms with Gasteiger partial charge in [0, 0.05) is 0 Å². The molecule has 0 rings (SSSR count). The van der Waals surface area contributed by atoms with E-state index in [2.05, 4.69) is 9.78 Å². The lowest BCUT2D eigenvalue weighted by atomic mass is 9.90. The molecule has 19 heteroatoms. The van der Waals surface area contributed by atoms with Gasteiger partial charge in [0.2, 0.25) is 0 Å². The average Bonchev–Trinajstić information content (AvgIpc) is 2.50. The monoisotopic (exact) mass is 480 g/mol. The van der Waals surface area contributed by atoms with E-state index in [-0.39, 0.29) is 0 Å². The van der Waals surface area contributed by atoms with Crippen LogP contribution in [0, 0.1) is 0 Å². The van der Waals surface area contributed by atoms with Crippen LogP contribution in [0.25, 0.3) is 0 Å². The molecule has 0 aromatic rings. The van der Waals surface area contributed by atoms with E-state index in [4.69, 9.17) is 0 Å². The molecule has 0 aliphatic rings. The minimum absolute atomic E-state index is 0.648. The highest BCUT2D eigenvalue weighted by Crippen LogP contribution is 2.63. The summed E-state index contributed by atoms with van der Waals surface area (Å²) in [6.07, 6.45) is -14.8. The minimum Gasteiger partial charge on any atom is -0.231 e. The topological polar surface area (TPSA) is 18.5 Å². The lowest BCUT2D eigenvalue weighted by Crippen LogP contribution is -2.74. The van der Waals surface area contributed by atoms with E-state index in [1.54, 1.807) is 0 Å². The van der Waals surface area contributed by atoms with Crippen molar-refractivity contribution in [2.45, 2.75) is 54.7 Å². The van der Waals surface area contributed by atoms with Crippen LogP contribution >= 0.6 is 0 Å². The zero-order valence-corrected chi connectivity index (χ0v) is 12.9. The maximum absolute atomic E-state index is 13.2. The molecular weight excluding hydrogens is 475 g/mol. The Hall–Kier alpha value is -1.27. The summed E-state index contributed by atoms with van der Waals surface area (Å²) in [6.45, 7) is -0.533. The van der Waals surface area contributed by atoms with Gasteiger partial charge in [-0.25, -0.2) is 4.89 Å². The summed E-state index contributed by atoms with van der Waals surface area (Å²) in [7, 11) is 0. The normalized spacial score (nSPS) is 16.3. The Bertz CT molecular complexity index is 577. The van der Waals surface area contributed by atoms with Crippen LogP contribution in [0.15, 0.2) is 0 Å². The van der Waals surface area contributed by atoms with Gasteiger partial charge in [0.1, 0.15) is 0 Å². The van der Waals surface area contributed by atoms with Crippen LogP contribution in [-0.4, -0.2) is 54.4 Å². The van der Waals surface area contributed by atoms with E-state index in [0.29, 0.717) is 6.92 Å². The van der Waals surface area contributed by atoms with Crippen LogP contribution in [0.1, 0.15) is 6.92 Å². The largest absolute Gasteiger partial charge is 0.460 e. The molecule has 0 heterocycles. The quantitative estimate of drug-likeness (QED) is 0.232. The second-order valence-electron chi connectivity index (χ2n) is 4.95. The molecule has 0 aliphatic carbocycles. The molecule has 0 amide bonds. The van der Waals surface area contributed by atoms with E-state index in [1.165, 1.54) is 0 Å². The van der Waals surface area contributed by atoms with Gasteiger partial charge in [-0.05, 0) is 6.92 Å². The Balaban J connectivity index is 6.57. The summed E-state index contributed by atoms with van der Waals surface area (Å²) in [5.41, 5.74) is 0. The fourth-order valence-corrected chi connectivity index (χ4v) is 1.33. The molecule has 29 heavy (non-hydrogen) atoms. The molecule has 176 valence electrons. The summed E-state index contributed by atoms with van der Waals surface area (Å²) in [6, 6.07) is 0. The smallest absolute Gasteiger partial charge is 0.231 e. The molecule has 0 bridgehead atoms. The van der Waals surface area contributed by atoms with Crippen LogP contribution in [0.4, 0.5) is 74.6 Å². The Morgan fingerprint density at radius 2 is 0.724 bits per heavy atom. The number of hydrogen-bond acceptors (Lipinski definition) is 2. The number of alkyl halides is 17. The van der Waals surface area contributed by atoms with Gasteiger partial charge < -0.3 is 0 Å². The van der Waals surface area contributed by atoms with E-state index in [9.17, 15) is 74.6 Å². The Morgan fingerprint density at radius 1 is 0.448 bits per heavy atom. The fraction of sp³-hybridized carbons (Fsp3) is 1.00. The highest BCUT2D eigenvalue weighted by atomic mass is 19.4. The third-order valence-corrected chi connectivity index (χ3v) is 2.97. The molecule has 0 saturated heterocycles. The molecule has 0 radical (unpaired) electrons. The minimum atomic E-state index is -8.66. The highest BCUT2D eigenvalue weighted by molar-refractivity contribution is 5.14. The zero-order chi connectivity index (χ0) is 24.1. The van der Waals surface area contributed by atoms with Crippen LogP contribution in [0.5, 0.6) is 0 Å². The average molecular weight is 480 g/mol. The van der Waals surface area contributed by atoms with Gasteiger partial charge in [-0.1, -0.05) is 0 Å². The van der Waals surface area contributed by atoms with Crippen molar-refractivity contribution in [3.8, 4) is 0 Å². The number of halogens is 17. The molecule has 0 spiro atoms. The maximum atomic E-state index is 13.2. The van der Waals surface area contributed by atoms with Crippen molar-refractivity contribution in [2.75, 3.05) is 6.61 Å². The van der Waals surface area contributed by atoms with Gasteiger partial charge in [-0.3, -0.25) is 0 Å². The summed E-state index contributed by atoms with van der Waals surface area (Å²) < 4.78 is 217. The van der Waals surface area contributed by atoms with Crippen molar-refractivity contribution in [3.63, 3.8) is 0 Å². The van der Waals surface area contributed by atoms with Crippen molar-refractivity contribution in [3.05, 3.63) is 0 Å². The molecule has 0 unspecified atom stereocenters. The van der Waals surface area contributed by atoms with E-state index in [1.807, 2.05) is 0 Å². The van der Waals surface area contributed by atoms with Crippen molar-refractivity contribution >= 4 is 0 Å². The first-order valence-corrected chi connectivity index (χ1v) is 6.33. The van der Waals surface area contributed by atoms with Crippen LogP contribution in [-0.2, 0) is 9.78 Å². The van der Waals surface area contributed by atoms with E-state index < -0.39 is 54.4 Å². The summed E-state index contributed by atoms with van der Waals surface area (Å²) in [4.78, 5) is 5.32. The standard InChI is InChI=1S/C10H5F17O2/c1-2-28-29-10(26,27)8(21,22)6(17,18)4(13,14)3(11,12)5(15,16)7(19,20)9(23,24)25/h2H2,1H3. The molecule has 0 N–H and O–H groups in total. The van der Waals surface area contributed by atoms with Crippen molar-refractivity contribution in [2.24, 2.45) is 0 Å². The van der Waals surface area contributed by atoms with Gasteiger partial charge >= 0.3 is 47.8 Å². The molecule has 0 fully saturated rings. The van der Waals surface area contributed by atoms with Crippen molar-refractivity contribution in [1.82, 2.24) is 0 Å². The first-order chi connectivity index (χ1) is 12.3. The van der Waals surface area contributed by atoms with Crippen molar-refractivity contribution < 1.29 is 84.4 Å². The first kappa shape index (κ1) is 27.7. The SMILES string of the molecule is CCOOC(F)(F)C(F)(F)C(F)(F)C(F)(F)C(F)(F)C(F)(F)C(F)(F)C(F)(F)F. The second kappa shape index (κ2) is 7.16. The lowest BCUT2D eigenvalue weighted by molar-refractivity contribution is -0.525. The lowest BCUT2D eigenvalue weighted by Gasteiger charge is -2.42. The van der Waals surface area contributed by atoms with Gasteiger partial charge in [0.05, 0.1) is 6.61 Å². The van der Waals surface area contributed by atoms with Crippen molar-refractivity contribution in [1.29, 1.82) is 0 Å². The molecule has 0 saturated carbocycles. The number of hydrogen-bond donors (Lipinski definition) is 0. The molecular formula is C10H5F17O2. The fourth-order valence-electron chi connectivity index (χ4n) is 1.33. The maximum Gasteiger partial charge on any atom is 0.460 e. The molecule has 0 atom stereocenters. The predicted molar refractivity (Wildman–Crippen MR) is 53.4 cm³/mol. The molecule has 0 aliphatic heterocycles. The summed E-state index contributed by atoms with van der Waals surface area (Å²) in [5.74, 6) is -50.3. The highest BCUT2D eigenvalue weighted by Gasteiger charge is 2.95. The van der Waals surface area contributed by atoms with Gasteiger partial charge in [0.25, 0.3) is 0 Å². The van der Waals surface area contributed by atoms with Crippen LogP contribution in [0.2, 0.25) is 0 Å². The Labute approximate surface area is 147 Å². The molecule has 0 aromatic carbocycles. The summed E-state index contributed by atoms with van der Waals surface area (Å²) >= 11 is 0.